The molecule has 29 heavy (non-hydrogen) atoms. The first-order chi connectivity index (χ1) is 14.3. The van der Waals surface area contributed by atoms with Gasteiger partial charge in [0, 0.05) is 41.8 Å². The summed E-state index contributed by atoms with van der Waals surface area (Å²) < 4.78 is 13.3. The lowest BCUT2D eigenvalue weighted by Gasteiger charge is -2.11. The molecule has 142 valence electrons. The summed E-state index contributed by atoms with van der Waals surface area (Å²) in [4.78, 5) is 17.9. The van der Waals surface area contributed by atoms with Crippen molar-refractivity contribution in [1.82, 2.24) is 19.9 Å². The van der Waals surface area contributed by atoms with Crippen LogP contribution in [0.15, 0.2) is 67.3 Å². The van der Waals surface area contributed by atoms with Gasteiger partial charge >= 0.3 is 0 Å². The van der Waals surface area contributed by atoms with E-state index in [0.717, 1.165) is 39.5 Å². The number of hydrogen-bond donors (Lipinski definition) is 2. The molecule has 1 aromatic carbocycles. The molecule has 2 N–H and O–H groups in total. The minimum atomic E-state index is -0.228. The van der Waals surface area contributed by atoms with Gasteiger partial charge in [-0.1, -0.05) is 12.1 Å². The zero-order chi connectivity index (χ0) is 19.6. The number of aromatic nitrogens is 4. The zero-order valence-electron chi connectivity index (χ0n) is 15.4. The third kappa shape index (κ3) is 3.38. The summed E-state index contributed by atoms with van der Waals surface area (Å²) >= 11 is 0. The van der Waals surface area contributed by atoms with Crippen LogP contribution in [0.2, 0.25) is 0 Å². The molecule has 7 heteroatoms. The summed E-state index contributed by atoms with van der Waals surface area (Å²) in [6.07, 6.45) is 7.75. The molecule has 0 amide bonds. The van der Waals surface area contributed by atoms with Crippen LogP contribution >= 0.6 is 0 Å². The van der Waals surface area contributed by atoms with E-state index >= 15 is 0 Å². The molecule has 0 atom stereocenters. The predicted octanol–water partition coefficient (Wildman–Crippen LogP) is 4.45. The lowest BCUT2D eigenvalue weighted by atomic mass is 10.0. The SMILES string of the molecule is Fc1cccc(CCNc2ncc3c(n2)-c2cccnc2Nc2cnccc2-3)c1. The smallest absolute Gasteiger partial charge is 0.223 e. The Morgan fingerprint density at radius 2 is 1.90 bits per heavy atom. The van der Waals surface area contributed by atoms with E-state index < -0.39 is 0 Å². The molecule has 0 saturated heterocycles. The molecular formula is C22H17FN6. The highest BCUT2D eigenvalue weighted by Crippen LogP contribution is 2.41. The first-order valence-corrected chi connectivity index (χ1v) is 9.30. The summed E-state index contributed by atoms with van der Waals surface area (Å²) in [7, 11) is 0. The number of nitrogens with one attached hydrogen (secondary N) is 2. The molecule has 0 spiro atoms. The highest BCUT2D eigenvalue weighted by molar-refractivity contribution is 5.95. The second-order valence-electron chi connectivity index (χ2n) is 6.71. The largest absolute Gasteiger partial charge is 0.354 e. The maximum atomic E-state index is 13.3. The lowest BCUT2D eigenvalue weighted by Crippen LogP contribution is -2.09. The number of hydrogen-bond acceptors (Lipinski definition) is 6. The lowest BCUT2D eigenvalue weighted by molar-refractivity contribution is 0.625. The Bertz CT molecular complexity index is 1190. The van der Waals surface area contributed by atoms with Gasteiger partial charge in [0.05, 0.1) is 17.6 Å². The van der Waals surface area contributed by atoms with Crippen molar-refractivity contribution in [1.29, 1.82) is 0 Å². The molecule has 1 aliphatic heterocycles. The summed E-state index contributed by atoms with van der Waals surface area (Å²) in [6, 6.07) is 12.4. The quantitative estimate of drug-likeness (QED) is 0.477. The Morgan fingerprint density at radius 3 is 2.83 bits per heavy atom. The van der Waals surface area contributed by atoms with Gasteiger partial charge in [0.1, 0.15) is 11.6 Å². The highest BCUT2D eigenvalue weighted by Gasteiger charge is 2.21. The van der Waals surface area contributed by atoms with Gasteiger partial charge in [-0.25, -0.2) is 19.3 Å². The molecule has 0 radical (unpaired) electrons. The number of nitrogens with zero attached hydrogens (tertiary/aromatic N) is 4. The first-order valence-electron chi connectivity index (χ1n) is 9.30. The average molecular weight is 384 g/mol. The third-order valence-electron chi connectivity index (χ3n) is 4.80. The number of anilines is 3. The van der Waals surface area contributed by atoms with Crippen molar-refractivity contribution >= 4 is 17.5 Å². The van der Waals surface area contributed by atoms with Crippen LogP contribution in [0.5, 0.6) is 0 Å². The number of rotatable bonds is 4. The fourth-order valence-electron chi connectivity index (χ4n) is 3.43. The summed E-state index contributed by atoms with van der Waals surface area (Å²) in [5, 5.41) is 6.58. The normalized spacial score (nSPS) is 11.5. The Kier molecular flexibility index (Phi) is 4.32. The summed E-state index contributed by atoms with van der Waals surface area (Å²) in [5.74, 6) is 1.02. The molecule has 1 aliphatic rings. The molecule has 0 aliphatic carbocycles. The molecule has 0 bridgehead atoms. The fourth-order valence-corrected chi connectivity index (χ4v) is 3.43. The number of fused-ring (bicyclic) bond motifs is 5. The van der Waals surface area contributed by atoms with Crippen LogP contribution < -0.4 is 10.6 Å². The van der Waals surface area contributed by atoms with Gasteiger partial charge in [0.2, 0.25) is 5.95 Å². The van der Waals surface area contributed by atoms with Crippen LogP contribution in [0.1, 0.15) is 5.56 Å². The van der Waals surface area contributed by atoms with Gasteiger partial charge in [0.15, 0.2) is 0 Å². The Balaban J connectivity index is 1.48. The van der Waals surface area contributed by atoms with Crippen LogP contribution in [0, 0.1) is 5.82 Å². The predicted molar refractivity (Wildman–Crippen MR) is 110 cm³/mol. The van der Waals surface area contributed by atoms with E-state index in [1.807, 2.05) is 30.5 Å². The minimum Gasteiger partial charge on any atom is -0.354 e. The molecule has 3 aromatic heterocycles. The second kappa shape index (κ2) is 7.27. The minimum absolute atomic E-state index is 0.228. The average Bonchev–Trinajstić information content (AvgIpc) is 2.88. The molecule has 6 nitrogen and oxygen atoms in total. The van der Waals surface area contributed by atoms with Gasteiger partial charge in [-0.05, 0) is 42.3 Å². The van der Waals surface area contributed by atoms with Crippen molar-refractivity contribution in [2.75, 3.05) is 17.2 Å². The maximum Gasteiger partial charge on any atom is 0.223 e. The van der Waals surface area contributed by atoms with E-state index in [2.05, 4.69) is 25.6 Å². The molecular weight excluding hydrogens is 367 g/mol. The van der Waals surface area contributed by atoms with Crippen LogP contribution in [0.25, 0.3) is 22.4 Å². The van der Waals surface area contributed by atoms with Crippen molar-refractivity contribution in [3.05, 3.63) is 78.6 Å². The molecule has 0 unspecified atom stereocenters. The second-order valence-corrected chi connectivity index (χ2v) is 6.71. The van der Waals surface area contributed by atoms with E-state index in [0.29, 0.717) is 18.9 Å². The monoisotopic (exact) mass is 384 g/mol. The van der Waals surface area contributed by atoms with Crippen molar-refractivity contribution < 1.29 is 4.39 Å². The Morgan fingerprint density at radius 1 is 0.931 bits per heavy atom. The van der Waals surface area contributed by atoms with Gasteiger partial charge in [0.25, 0.3) is 0 Å². The maximum absolute atomic E-state index is 13.3. The van der Waals surface area contributed by atoms with Gasteiger partial charge in [-0.3, -0.25) is 4.98 Å². The van der Waals surface area contributed by atoms with E-state index in [1.165, 1.54) is 12.1 Å². The summed E-state index contributed by atoms with van der Waals surface area (Å²) in [5.41, 5.74) is 5.37. The highest BCUT2D eigenvalue weighted by atomic mass is 19.1. The van der Waals surface area contributed by atoms with Gasteiger partial charge < -0.3 is 10.6 Å². The summed E-state index contributed by atoms with van der Waals surface area (Å²) in [6.45, 7) is 0.598. The van der Waals surface area contributed by atoms with E-state index in [-0.39, 0.29) is 5.82 Å². The number of halogens is 1. The number of pyridine rings is 2. The third-order valence-corrected chi connectivity index (χ3v) is 4.80. The van der Waals surface area contributed by atoms with E-state index in [1.54, 1.807) is 24.7 Å². The number of benzene rings is 1. The Hall–Kier alpha value is -3.87. The van der Waals surface area contributed by atoms with Gasteiger partial charge in [-0.2, -0.15) is 0 Å². The van der Waals surface area contributed by atoms with Crippen molar-refractivity contribution in [2.24, 2.45) is 0 Å². The molecule has 5 rings (SSSR count). The van der Waals surface area contributed by atoms with Gasteiger partial charge in [-0.15, -0.1) is 0 Å². The van der Waals surface area contributed by atoms with Crippen LogP contribution in [0.3, 0.4) is 0 Å². The van der Waals surface area contributed by atoms with Crippen molar-refractivity contribution in [3.63, 3.8) is 0 Å². The molecule has 4 heterocycles. The molecule has 0 saturated carbocycles. The van der Waals surface area contributed by atoms with Crippen LogP contribution in [-0.2, 0) is 6.42 Å². The van der Waals surface area contributed by atoms with Crippen molar-refractivity contribution in [3.8, 4) is 22.4 Å². The molecule has 0 fully saturated rings. The Labute approximate surface area is 166 Å². The topological polar surface area (TPSA) is 75.6 Å². The van der Waals surface area contributed by atoms with Crippen LogP contribution in [0.4, 0.5) is 21.8 Å². The van der Waals surface area contributed by atoms with E-state index in [4.69, 9.17) is 4.98 Å². The van der Waals surface area contributed by atoms with Crippen LogP contribution in [-0.4, -0.2) is 26.5 Å². The van der Waals surface area contributed by atoms with Crippen molar-refractivity contribution in [2.45, 2.75) is 6.42 Å². The molecule has 4 aromatic rings. The fraction of sp³-hybridized carbons (Fsp3) is 0.0909. The standard InChI is InChI=1S/C22H17FN6/c23-15-4-1-3-14(11-15)6-10-26-22-27-12-18-16-7-9-24-13-19(16)28-21-17(20(18)29-22)5-2-8-25-21/h1-5,7-9,11-13H,6,10H2,(H,25,28)(H,26,27,29). The zero-order valence-corrected chi connectivity index (χ0v) is 15.4. The first kappa shape index (κ1) is 17.2. The van der Waals surface area contributed by atoms with E-state index in [9.17, 15) is 4.39 Å².